The van der Waals surface area contributed by atoms with Crippen LogP contribution in [0.25, 0.3) is 11.3 Å². The van der Waals surface area contributed by atoms with Gasteiger partial charge in [0.25, 0.3) is 5.91 Å². The Balaban J connectivity index is 1.28. The molecule has 1 amide bonds. The number of halogens is 1. The predicted molar refractivity (Wildman–Crippen MR) is 119 cm³/mol. The Morgan fingerprint density at radius 1 is 1.25 bits per heavy atom. The van der Waals surface area contributed by atoms with Crippen LogP contribution in [0.4, 0.5) is 15.8 Å². The Morgan fingerprint density at radius 2 is 2.06 bits per heavy atom. The molecule has 1 saturated heterocycles. The number of nitrogens with zero attached hydrogens (tertiary/aromatic N) is 4. The van der Waals surface area contributed by atoms with Crippen molar-refractivity contribution in [3.63, 3.8) is 0 Å². The quantitative estimate of drug-likeness (QED) is 0.468. The fourth-order valence-electron chi connectivity index (χ4n) is 4.53. The minimum Gasteiger partial charge on any atom is -0.355 e. The van der Waals surface area contributed by atoms with Gasteiger partial charge < -0.3 is 10.2 Å². The second kappa shape index (κ2) is 8.27. The molecule has 2 fully saturated rings. The molecule has 3 unspecified atom stereocenters. The fraction of sp³-hybridized carbons (Fsp3) is 0.250. The number of aromatic nitrogens is 2. The van der Waals surface area contributed by atoms with E-state index in [-0.39, 0.29) is 17.4 Å². The van der Waals surface area contributed by atoms with Gasteiger partial charge in [-0.25, -0.2) is 9.38 Å². The summed E-state index contributed by atoms with van der Waals surface area (Å²) in [6.07, 6.45) is 4.89. The number of aromatic amines is 1. The second-order valence-corrected chi connectivity index (χ2v) is 8.26. The third-order valence-electron chi connectivity index (χ3n) is 6.28. The van der Waals surface area contributed by atoms with Crippen LogP contribution in [0, 0.1) is 35.0 Å². The summed E-state index contributed by atoms with van der Waals surface area (Å²) >= 11 is 0. The van der Waals surface area contributed by atoms with Gasteiger partial charge >= 0.3 is 0 Å². The van der Waals surface area contributed by atoms with Crippen molar-refractivity contribution in [2.24, 2.45) is 22.7 Å². The number of nitriles is 1. The summed E-state index contributed by atoms with van der Waals surface area (Å²) in [6.45, 7) is 1.56. The summed E-state index contributed by atoms with van der Waals surface area (Å²) in [5.41, 5.74) is 3.30. The van der Waals surface area contributed by atoms with Gasteiger partial charge in [-0.15, -0.1) is 0 Å². The summed E-state index contributed by atoms with van der Waals surface area (Å²) in [5, 5.41) is 19.4. The predicted octanol–water partition coefficient (Wildman–Crippen LogP) is 4.22. The largest absolute Gasteiger partial charge is 0.355 e. The Kier molecular flexibility index (Phi) is 5.15. The van der Waals surface area contributed by atoms with Crippen LogP contribution < -0.4 is 5.32 Å². The molecule has 1 aliphatic heterocycles. The number of benzene rings is 2. The molecule has 1 saturated carbocycles. The molecule has 7 nitrogen and oxygen atoms in total. The number of nitrogens with one attached hydrogen (secondary N) is 2. The number of para-hydroxylation sites is 1. The fourth-order valence-corrected chi connectivity index (χ4v) is 4.53. The van der Waals surface area contributed by atoms with Crippen LogP contribution in [0.5, 0.6) is 0 Å². The van der Waals surface area contributed by atoms with Crippen LogP contribution in [-0.2, 0) is 0 Å². The summed E-state index contributed by atoms with van der Waals surface area (Å²) in [7, 11) is 0. The van der Waals surface area contributed by atoms with E-state index in [1.807, 2.05) is 24.3 Å². The summed E-state index contributed by atoms with van der Waals surface area (Å²) in [6, 6.07) is 15.4. The highest BCUT2D eigenvalue weighted by atomic mass is 19.1. The van der Waals surface area contributed by atoms with Crippen LogP contribution in [0.15, 0.2) is 59.6 Å². The molecule has 1 aliphatic carbocycles. The van der Waals surface area contributed by atoms with Gasteiger partial charge in [0, 0.05) is 36.2 Å². The molecule has 0 radical (unpaired) electrons. The molecule has 2 N–H and O–H groups in total. The van der Waals surface area contributed by atoms with E-state index < -0.39 is 5.91 Å². The minimum atomic E-state index is -0.393. The molecule has 3 atom stereocenters. The number of amides is 1. The van der Waals surface area contributed by atoms with Crippen molar-refractivity contribution < 1.29 is 9.18 Å². The standard InChI is InChI=1S/C24H21FN6O/c25-17-5-7-18(8-6-17)28-21-4-2-1-3-19(21)22-10-23(30-29-22)24(32)27-11-15-9-16-12-31(14-26)13-20(15)16/h1-8,10-11,15-16,20,28H,9,12-13H2,(H,29,30)/b27-11-. The van der Waals surface area contributed by atoms with E-state index in [1.165, 1.54) is 12.1 Å². The van der Waals surface area contributed by atoms with Gasteiger partial charge in [-0.2, -0.15) is 10.4 Å². The zero-order chi connectivity index (χ0) is 22.1. The molecule has 160 valence electrons. The van der Waals surface area contributed by atoms with E-state index in [0.717, 1.165) is 36.4 Å². The van der Waals surface area contributed by atoms with Crippen LogP contribution in [-0.4, -0.2) is 40.3 Å². The molecular formula is C24H21FN6O. The highest BCUT2D eigenvalue weighted by Gasteiger charge is 2.46. The molecule has 0 spiro atoms. The summed E-state index contributed by atoms with van der Waals surface area (Å²) < 4.78 is 13.2. The van der Waals surface area contributed by atoms with Crippen LogP contribution in [0.3, 0.4) is 0 Å². The molecule has 8 heteroatoms. The van der Waals surface area contributed by atoms with Crippen molar-refractivity contribution in [1.82, 2.24) is 15.1 Å². The molecule has 3 aromatic rings. The monoisotopic (exact) mass is 428 g/mol. The lowest BCUT2D eigenvalue weighted by molar-refractivity contribution is 0.0996. The number of hydrogen-bond acceptors (Lipinski definition) is 5. The first-order valence-corrected chi connectivity index (χ1v) is 10.5. The summed E-state index contributed by atoms with van der Waals surface area (Å²) in [4.78, 5) is 18.5. The van der Waals surface area contributed by atoms with E-state index in [1.54, 1.807) is 29.3 Å². The first-order valence-electron chi connectivity index (χ1n) is 10.5. The average molecular weight is 428 g/mol. The minimum absolute atomic E-state index is 0.237. The van der Waals surface area contributed by atoms with Crippen LogP contribution >= 0.6 is 0 Å². The maximum Gasteiger partial charge on any atom is 0.297 e. The number of aliphatic imine (C=N–C) groups is 1. The van der Waals surface area contributed by atoms with E-state index in [2.05, 4.69) is 26.7 Å². The first kappa shape index (κ1) is 19.9. The normalized spacial score (nSPS) is 21.8. The zero-order valence-corrected chi connectivity index (χ0v) is 17.2. The van der Waals surface area contributed by atoms with E-state index in [9.17, 15) is 9.18 Å². The van der Waals surface area contributed by atoms with Gasteiger partial charge in [0.15, 0.2) is 11.9 Å². The Morgan fingerprint density at radius 3 is 2.88 bits per heavy atom. The lowest BCUT2D eigenvalue weighted by Gasteiger charge is -2.36. The van der Waals surface area contributed by atoms with Crippen molar-refractivity contribution in [1.29, 1.82) is 5.26 Å². The maximum absolute atomic E-state index is 13.2. The molecular weight excluding hydrogens is 407 g/mol. The van der Waals surface area contributed by atoms with Crippen LogP contribution in [0.2, 0.25) is 0 Å². The van der Waals surface area contributed by atoms with Gasteiger partial charge in [-0.3, -0.25) is 9.89 Å². The Labute approximate surface area is 184 Å². The SMILES string of the molecule is N#CN1CC2CC(/C=N\C(=O)c3cc(-c4ccccc4Nc4ccc(F)cc4)[nH]n3)C2C1. The van der Waals surface area contributed by atoms with Gasteiger partial charge in [0.1, 0.15) is 5.82 Å². The molecule has 0 bridgehead atoms. The third kappa shape index (κ3) is 3.85. The average Bonchev–Trinajstić information content (AvgIpc) is 3.41. The van der Waals surface area contributed by atoms with Crippen molar-refractivity contribution in [2.45, 2.75) is 6.42 Å². The number of hydrogen-bond donors (Lipinski definition) is 2. The van der Waals surface area contributed by atoms with Gasteiger partial charge in [-0.05, 0) is 60.6 Å². The third-order valence-corrected chi connectivity index (χ3v) is 6.28. The van der Waals surface area contributed by atoms with E-state index in [4.69, 9.17) is 5.26 Å². The van der Waals surface area contributed by atoms with Crippen LogP contribution in [0.1, 0.15) is 16.9 Å². The lowest BCUT2D eigenvalue weighted by atomic mass is 9.67. The number of rotatable bonds is 5. The molecule has 1 aromatic heterocycles. The van der Waals surface area contributed by atoms with E-state index in [0.29, 0.717) is 17.5 Å². The van der Waals surface area contributed by atoms with Crippen molar-refractivity contribution >= 4 is 23.5 Å². The Bertz CT molecular complexity index is 1210. The van der Waals surface area contributed by atoms with Crippen molar-refractivity contribution in [2.75, 3.05) is 18.4 Å². The molecule has 32 heavy (non-hydrogen) atoms. The Hall–Kier alpha value is -3.99. The van der Waals surface area contributed by atoms with Gasteiger partial charge in [0.2, 0.25) is 0 Å². The molecule has 2 heterocycles. The number of carbonyl (C=O) groups is 1. The molecule has 2 aliphatic rings. The maximum atomic E-state index is 13.2. The van der Waals surface area contributed by atoms with E-state index >= 15 is 0 Å². The number of likely N-dealkylation sites (tertiary alicyclic amines) is 1. The highest BCUT2D eigenvalue weighted by molar-refractivity contribution is 5.98. The number of anilines is 2. The number of fused-ring (bicyclic) bond motifs is 1. The van der Waals surface area contributed by atoms with Gasteiger partial charge in [-0.1, -0.05) is 18.2 Å². The smallest absolute Gasteiger partial charge is 0.297 e. The lowest BCUT2D eigenvalue weighted by Crippen LogP contribution is -2.36. The van der Waals surface area contributed by atoms with Gasteiger partial charge in [0.05, 0.1) is 5.69 Å². The first-order chi connectivity index (χ1) is 15.6. The molecule has 5 rings (SSSR count). The zero-order valence-electron chi connectivity index (χ0n) is 17.2. The molecule has 2 aromatic carbocycles. The number of H-pyrrole nitrogens is 1. The highest BCUT2D eigenvalue weighted by Crippen LogP contribution is 2.44. The van der Waals surface area contributed by atoms with Crippen molar-refractivity contribution in [3.05, 3.63) is 66.1 Å². The topological polar surface area (TPSA) is 97.2 Å². The second-order valence-electron chi connectivity index (χ2n) is 8.26. The van der Waals surface area contributed by atoms with Crippen molar-refractivity contribution in [3.8, 4) is 17.5 Å². The summed E-state index contributed by atoms with van der Waals surface area (Å²) in [5.74, 6) is 0.485. The number of carbonyl (C=O) groups excluding carboxylic acids is 1.